The fourth-order valence-corrected chi connectivity index (χ4v) is 3.95. The van der Waals surface area contributed by atoms with Crippen molar-refractivity contribution in [1.29, 1.82) is 0 Å². The maximum Gasteiger partial charge on any atom is 0.155 e. The van der Waals surface area contributed by atoms with Gasteiger partial charge < -0.3 is 9.32 Å². The minimum absolute atomic E-state index is 0.710. The fourth-order valence-electron chi connectivity index (χ4n) is 3.95. The van der Waals surface area contributed by atoms with Crippen LogP contribution in [0.15, 0.2) is 114 Å². The molecule has 0 saturated heterocycles. The molecule has 1 aliphatic heterocycles. The van der Waals surface area contributed by atoms with Crippen LogP contribution in [-0.2, 0) is 0 Å². The van der Waals surface area contributed by atoms with E-state index in [0.29, 0.717) is 5.76 Å². The largest absolute Gasteiger partial charge is 0.453 e. The van der Waals surface area contributed by atoms with Crippen molar-refractivity contribution in [2.75, 3.05) is 18.0 Å². The number of anilines is 1. The van der Waals surface area contributed by atoms with E-state index in [1.54, 1.807) is 0 Å². The van der Waals surface area contributed by atoms with E-state index < -0.39 is 0 Å². The van der Waals surface area contributed by atoms with Crippen LogP contribution in [0.1, 0.15) is 0 Å². The molecule has 0 aromatic heterocycles. The van der Waals surface area contributed by atoms with Crippen molar-refractivity contribution in [1.82, 2.24) is 4.98 Å². The normalized spacial score (nSPS) is 11.8. The highest BCUT2D eigenvalue weighted by Gasteiger charge is 2.15. The predicted molar refractivity (Wildman–Crippen MR) is 132 cm³/mol. The van der Waals surface area contributed by atoms with E-state index in [2.05, 4.69) is 36.3 Å². The van der Waals surface area contributed by atoms with E-state index >= 15 is 0 Å². The standard InChI is InChI=1S/C28H23N3O/c1-3-16-31(17-4-2)21-14-15-24-26(18-21)32-27-19-25(29-20-10-6-5-7-11-20)22-12-8-9-13-23(22)28(27)30-24/h3-15,18-19H,1-2,16-17H2. The van der Waals surface area contributed by atoms with Gasteiger partial charge in [0.15, 0.2) is 11.3 Å². The Kier molecular flexibility index (Phi) is 5.26. The van der Waals surface area contributed by atoms with Gasteiger partial charge in [0, 0.05) is 41.7 Å². The number of nitrogens with zero attached hydrogens (tertiary/aromatic N) is 3. The third kappa shape index (κ3) is 3.67. The molecule has 0 N–H and O–H groups in total. The molecule has 5 rings (SSSR count). The minimum Gasteiger partial charge on any atom is -0.453 e. The van der Waals surface area contributed by atoms with Gasteiger partial charge in [-0.3, -0.25) is 0 Å². The lowest BCUT2D eigenvalue weighted by Gasteiger charge is -2.22. The summed E-state index contributed by atoms with van der Waals surface area (Å²) in [5.41, 5.74) is 4.32. The van der Waals surface area contributed by atoms with E-state index in [-0.39, 0.29) is 0 Å². The Morgan fingerprint density at radius 3 is 2.31 bits per heavy atom. The average Bonchev–Trinajstić information content (AvgIpc) is 2.83. The number of fused-ring (bicyclic) bond motifs is 4. The van der Waals surface area contributed by atoms with Crippen LogP contribution in [0.5, 0.6) is 0 Å². The van der Waals surface area contributed by atoms with E-state index in [1.165, 1.54) is 0 Å². The number of rotatable bonds is 6. The fraction of sp³-hybridized carbons (Fsp3) is 0.0714. The van der Waals surface area contributed by atoms with Crippen molar-refractivity contribution >= 4 is 33.2 Å². The molecule has 3 aromatic rings. The smallest absolute Gasteiger partial charge is 0.155 e. The van der Waals surface area contributed by atoms with E-state index in [1.807, 2.05) is 72.8 Å². The maximum atomic E-state index is 6.38. The van der Waals surface area contributed by atoms with Gasteiger partial charge in [-0.2, -0.15) is 0 Å². The van der Waals surface area contributed by atoms with Crippen molar-refractivity contribution in [3.05, 3.63) is 110 Å². The van der Waals surface area contributed by atoms with Crippen LogP contribution in [0.4, 0.5) is 11.4 Å². The third-order valence-electron chi connectivity index (χ3n) is 5.42. The number of aromatic nitrogens is 1. The number of hydrogen-bond acceptors (Lipinski definition) is 4. The zero-order valence-electron chi connectivity index (χ0n) is 17.7. The third-order valence-corrected chi connectivity index (χ3v) is 5.42. The second-order valence-corrected chi connectivity index (χ2v) is 7.58. The molecule has 0 saturated carbocycles. The summed E-state index contributed by atoms with van der Waals surface area (Å²) in [6.07, 6.45) is 3.76. The van der Waals surface area contributed by atoms with Crippen LogP contribution < -0.4 is 10.3 Å². The Bertz CT molecular complexity index is 1460. The summed E-state index contributed by atoms with van der Waals surface area (Å²) in [5, 5.41) is 2.93. The van der Waals surface area contributed by atoms with Gasteiger partial charge >= 0.3 is 0 Å². The van der Waals surface area contributed by atoms with Gasteiger partial charge in [-0.05, 0) is 24.3 Å². The Labute approximate surface area is 186 Å². The lowest BCUT2D eigenvalue weighted by Crippen LogP contribution is -2.22. The molecule has 1 heterocycles. The molecule has 2 aliphatic rings. The molecule has 4 heteroatoms. The molecule has 0 fully saturated rings. The number of para-hydroxylation sites is 1. The summed E-state index contributed by atoms with van der Waals surface area (Å²) in [6, 6.07) is 26.2. The van der Waals surface area contributed by atoms with Gasteiger partial charge in [0.2, 0.25) is 0 Å². The first-order valence-corrected chi connectivity index (χ1v) is 10.6. The Morgan fingerprint density at radius 2 is 1.56 bits per heavy atom. The highest BCUT2D eigenvalue weighted by atomic mass is 16.3. The first-order chi connectivity index (χ1) is 15.8. The molecular formula is C28H23N3O. The average molecular weight is 418 g/mol. The molecule has 32 heavy (non-hydrogen) atoms. The van der Waals surface area contributed by atoms with Crippen molar-refractivity contribution in [2.45, 2.75) is 0 Å². The zero-order valence-corrected chi connectivity index (χ0v) is 17.7. The molecule has 0 spiro atoms. The lowest BCUT2D eigenvalue weighted by molar-refractivity contribution is 0.613. The second-order valence-electron chi connectivity index (χ2n) is 7.58. The van der Waals surface area contributed by atoms with Gasteiger partial charge in [0.1, 0.15) is 11.2 Å². The van der Waals surface area contributed by atoms with Gasteiger partial charge in [-0.25, -0.2) is 9.98 Å². The molecular weight excluding hydrogens is 394 g/mol. The van der Waals surface area contributed by atoms with Gasteiger partial charge in [-0.1, -0.05) is 54.6 Å². The summed E-state index contributed by atoms with van der Waals surface area (Å²) in [7, 11) is 0. The van der Waals surface area contributed by atoms with Crippen molar-refractivity contribution < 1.29 is 4.42 Å². The van der Waals surface area contributed by atoms with Crippen LogP contribution in [0, 0.1) is 0 Å². The van der Waals surface area contributed by atoms with Crippen LogP contribution in [0.2, 0.25) is 0 Å². The Balaban J connectivity index is 1.75. The first-order valence-electron chi connectivity index (χ1n) is 10.6. The molecule has 0 unspecified atom stereocenters. The molecule has 1 aliphatic carbocycles. The van der Waals surface area contributed by atoms with Gasteiger partial charge in [0.05, 0.1) is 11.0 Å². The van der Waals surface area contributed by atoms with Gasteiger partial charge in [0.25, 0.3) is 0 Å². The van der Waals surface area contributed by atoms with Crippen molar-refractivity contribution in [2.24, 2.45) is 4.99 Å². The maximum absolute atomic E-state index is 6.38. The van der Waals surface area contributed by atoms with Crippen molar-refractivity contribution in [3.8, 4) is 11.5 Å². The highest BCUT2D eigenvalue weighted by Crippen LogP contribution is 2.32. The molecule has 0 radical (unpaired) electrons. The SMILES string of the molecule is C=CCN(CC=C)c1ccc2nc3c4ccccc4c(=Nc4ccccc4)cc-3oc2c1. The van der Waals surface area contributed by atoms with Crippen LogP contribution in [-0.4, -0.2) is 18.1 Å². The quantitative estimate of drug-likeness (QED) is 0.180. The van der Waals surface area contributed by atoms with Crippen LogP contribution in [0.3, 0.4) is 0 Å². The minimum atomic E-state index is 0.710. The van der Waals surface area contributed by atoms with E-state index in [4.69, 9.17) is 14.4 Å². The Morgan fingerprint density at radius 1 is 0.844 bits per heavy atom. The molecule has 0 bridgehead atoms. The van der Waals surface area contributed by atoms with E-state index in [9.17, 15) is 0 Å². The molecule has 0 amide bonds. The molecule has 156 valence electrons. The van der Waals surface area contributed by atoms with Crippen LogP contribution in [0.25, 0.3) is 33.3 Å². The summed E-state index contributed by atoms with van der Waals surface area (Å²) in [6.45, 7) is 9.18. The number of benzene rings is 4. The summed E-state index contributed by atoms with van der Waals surface area (Å²) in [4.78, 5) is 12.0. The molecule has 3 aromatic carbocycles. The summed E-state index contributed by atoms with van der Waals surface area (Å²) >= 11 is 0. The zero-order chi connectivity index (χ0) is 21.9. The molecule has 0 atom stereocenters. The van der Waals surface area contributed by atoms with Crippen LogP contribution >= 0.6 is 0 Å². The number of hydrogen-bond donors (Lipinski definition) is 0. The predicted octanol–water partition coefficient (Wildman–Crippen LogP) is 6.50. The second kappa shape index (κ2) is 8.52. The van der Waals surface area contributed by atoms with E-state index in [0.717, 1.165) is 57.4 Å². The Hall–Kier alpha value is -4.18. The van der Waals surface area contributed by atoms with Crippen molar-refractivity contribution in [3.63, 3.8) is 0 Å². The van der Waals surface area contributed by atoms with Gasteiger partial charge in [-0.15, -0.1) is 13.2 Å². The summed E-state index contributed by atoms with van der Waals surface area (Å²) in [5.74, 6) is 0.710. The first kappa shape index (κ1) is 19.8. The lowest BCUT2D eigenvalue weighted by atomic mass is 10.0. The summed E-state index contributed by atoms with van der Waals surface area (Å²) < 4.78 is 6.38. The monoisotopic (exact) mass is 417 g/mol. The highest BCUT2D eigenvalue weighted by molar-refractivity contribution is 5.96. The topological polar surface area (TPSA) is 41.6 Å². The molecule has 4 nitrogen and oxygen atoms in total.